The molecule has 0 aliphatic heterocycles. The van der Waals surface area contributed by atoms with Crippen LogP contribution in [-0.4, -0.2) is 53.7 Å². The van der Waals surface area contributed by atoms with E-state index in [0.717, 1.165) is 0 Å². The second-order valence-corrected chi connectivity index (χ2v) is 5.83. The Morgan fingerprint density at radius 2 is 2.19 bits per heavy atom. The van der Waals surface area contributed by atoms with E-state index in [0.29, 0.717) is 6.42 Å². The standard InChI is InChI=1S/C12H14FN5O3/c13-11-16-9(14)5-10(17-11)18(3-15-5)6-4-1-12(4,2-19)8(21)7(6)20/h3-4,6-8,19-21H,1-2H2,(H2,14,16,17)/t4-,6?,7+,8+,12+/m1/s1. The van der Waals surface area contributed by atoms with E-state index in [-0.39, 0.29) is 29.5 Å². The van der Waals surface area contributed by atoms with Gasteiger partial charge in [-0.25, -0.2) is 4.98 Å². The molecule has 2 aromatic rings. The van der Waals surface area contributed by atoms with Gasteiger partial charge in [-0.1, -0.05) is 0 Å². The van der Waals surface area contributed by atoms with Gasteiger partial charge >= 0.3 is 6.08 Å². The highest BCUT2D eigenvalue weighted by atomic mass is 19.1. The predicted octanol–water partition coefficient (Wildman–Crippen LogP) is -1.18. The molecule has 2 fully saturated rings. The monoisotopic (exact) mass is 295 g/mol. The van der Waals surface area contributed by atoms with E-state index in [1.165, 1.54) is 10.9 Å². The number of rotatable bonds is 2. The molecule has 2 aromatic heterocycles. The molecular weight excluding hydrogens is 281 g/mol. The van der Waals surface area contributed by atoms with Crippen LogP contribution in [0, 0.1) is 17.4 Å². The lowest BCUT2D eigenvalue weighted by Gasteiger charge is -2.23. The minimum absolute atomic E-state index is 0.0755. The summed E-state index contributed by atoms with van der Waals surface area (Å²) in [6.07, 6.45) is -1.08. The van der Waals surface area contributed by atoms with E-state index in [1.807, 2.05) is 0 Å². The number of nitrogen functional groups attached to an aromatic ring is 1. The Labute approximate surface area is 118 Å². The van der Waals surface area contributed by atoms with Gasteiger partial charge in [-0.3, -0.25) is 0 Å². The summed E-state index contributed by atoms with van der Waals surface area (Å²) in [7, 11) is 0. The van der Waals surface area contributed by atoms with Crippen molar-refractivity contribution in [1.82, 2.24) is 19.5 Å². The maximum Gasteiger partial charge on any atom is 0.312 e. The molecule has 2 aliphatic carbocycles. The smallest absolute Gasteiger partial charge is 0.312 e. The zero-order valence-electron chi connectivity index (χ0n) is 10.9. The highest BCUT2D eigenvalue weighted by Crippen LogP contribution is 2.67. The third-order valence-electron chi connectivity index (χ3n) is 4.89. The molecule has 0 aromatic carbocycles. The van der Waals surface area contributed by atoms with Gasteiger partial charge in [0.25, 0.3) is 0 Å². The van der Waals surface area contributed by atoms with E-state index in [9.17, 15) is 19.7 Å². The molecule has 1 unspecified atom stereocenters. The quantitative estimate of drug-likeness (QED) is 0.513. The number of hydrogen-bond donors (Lipinski definition) is 4. The zero-order valence-corrected chi connectivity index (χ0v) is 10.9. The SMILES string of the molecule is Nc1nc(F)nc2c1ncn2C1[C@H]2C[C@@]2(CO)[C@@H](O)[C@H]1O. The molecule has 2 aliphatic rings. The van der Waals surface area contributed by atoms with Crippen molar-refractivity contribution in [3.8, 4) is 0 Å². The van der Waals surface area contributed by atoms with Crippen molar-refractivity contribution in [3.05, 3.63) is 12.4 Å². The highest BCUT2D eigenvalue weighted by Gasteiger charge is 2.71. The summed E-state index contributed by atoms with van der Waals surface area (Å²) in [5.41, 5.74) is 5.35. The van der Waals surface area contributed by atoms with Gasteiger partial charge in [0.15, 0.2) is 11.5 Å². The van der Waals surface area contributed by atoms with Crippen LogP contribution in [0.3, 0.4) is 0 Å². The van der Waals surface area contributed by atoms with Crippen LogP contribution in [0.1, 0.15) is 12.5 Å². The lowest BCUT2D eigenvalue weighted by atomic mass is 10.0. The highest BCUT2D eigenvalue weighted by molar-refractivity contribution is 5.81. The molecule has 5 N–H and O–H groups in total. The summed E-state index contributed by atoms with van der Waals surface area (Å²) in [6.45, 7) is -0.204. The molecule has 2 heterocycles. The Hall–Kier alpha value is -1.84. The van der Waals surface area contributed by atoms with Crippen molar-refractivity contribution in [2.75, 3.05) is 12.3 Å². The Balaban J connectivity index is 1.85. The largest absolute Gasteiger partial charge is 0.396 e. The number of halogens is 1. The first-order valence-corrected chi connectivity index (χ1v) is 6.62. The molecular formula is C12H14FN5O3. The van der Waals surface area contributed by atoms with Crippen LogP contribution in [0.4, 0.5) is 10.2 Å². The fraction of sp³-hybridized carbons (Fsp3) is 0.583. The maximum atomic E-state index is 13.4. The lowest BCUT2D eigenvalue weighted by molar-refractivity contribution is -0.0300. The van der Waals surface area contributed by atoms with Crippen molar-refractivity contribution < 1.29 is 19.7 Å². The van der Waals surface area contributed by atoms with Crippen LogP contribution >= 0.6 is 0 Å². The zero-order chi connectivity index (χ0) is 14.9. The summed E-state index contributed by atoms with van der Waals surface area (Å²) >= 11 is 0. The number of aromatic nitrogens is 4. The van der Waals surface area contributed by atoms with Gasteiger partial charge in [0, 0.05) is 5.41 Å². The van der Waals surface area contributed by atoms with Gasteiger partial charge in [0.1, 0.15) is 11.6 Å². The summed E-state index contributed by atoms with van der Waals surface area (Å²) in [6, 6.07) is -0.522. The number of aliphatic hydroxyl groups excluding tert-OH is 3. The van der Waals surface area contributed by atoms with Gasteiger partial charge in [-0.05, 0) is 12.3 Å². The first-order valence-electron chi connectivity index (χ1n) is 6.62. The average Bonchev–Trinajstić information content (AvgIpc) is 2.97. The lowest BCUT2D eigenvalue weighted by Crippen LogP contribution is -2.35. The van der Waals surface area contributed by atoms with Crippen molar-refractivity contribution in [2.24, 2.45) is 11.3 Å². The van der Waals surface area contributed by atoms with E-state index in [2.05, 4.69) is 15.0 Å². The fourth-order valence-corrected chi connectivity index (χ4v) is 3.68. The third kappa shape index (κ3) is 1.45. The number of nitrogens with two attached hydrogens (primary N) is 1. The minimum Gasteiger partial charge on any atom is -0.396 e. The molecule has 4 rings (SSSR count). The van der Waals surface area contributed by atoms with Crippen molar-refractivity contribution in [3.63, 3.8) is 0 Å². The van der Waals surface area contributed by atoms with Gasteiger partial charge in [-0.15, -0.1) is 0 Å². The predicted molar refractivity (Wildman–Crippen MR) is 68.4 cm³/mol. The molecule has 112 valence electrons. The Morgan fingerprint density at radius 1 is 1.43 bits per heavy atom. The molecule has 0 bridgehead atoms. The molecule has 8 nitrogen and oxygen atoms in total. The van der Waals surface area contributed by atoms with Gasteiger partial charge in [0.05, 0.1) is 25.1 Å². The Bertz CT molecular complexity index is 737. The van der Waals surface area contributed by atoms with Crippen LogP contribution in [0.5, 0.6) is 0 Å². The number of nitrogens with zero attached hydrogens (tertiary/aromatic N) is 4. The molecule has 0 radical (unpaired) electrons. The number of aliphatic hydroxyl groups is 3. The first-order chi connectivity index (χ1) is 9.99. The van der Waals surface area contributed by atoms with E-state index >= 15 is 0 Å². The molecule has 21 heavy (non-hydrogen) atoms. The average molecular weight is 295 g/mol. The maximum absolute atomic E-state index is 13.4. The molecule has 2 saturated carbocycles. The number of imidazole rings is 1. The molecule has 5 atom stereocenters. The van der Waals surface area contributed by atoms with Crippen molar-refractivity contribution in [1.29, 1.82) is 0 Å². The second kappa shape index (κ2) is 3.87. The summed E-state index contributed by atoms with van der Waals surface area (Å²) < 4.78 is 14.9. The number of fused-ring (bicyclic) bond motifs is 2. The third-order valence-corrected chi connectivity index (χ3v) is 4.89. The normalized spacial score (nSPS) is 37.9. The van der Waals surface area contributed by atoms with Gasteiger partial charge in [-0.2, -0.15) is 14.4 Å². The Kier molecular flexibility index (Phi) is 2.37. The molecule has 9 heteroatoms. The van der Waals surface area contributed by atoms with Crippen molar-refractivity contribution in [2.45, 2.75) is 24.7 Å². The molecule has 0 spiro atoms. The number of hydrogen-bond acceptors (Lipinski definition) is 7. The van der Waals surface area contributed by atoms with E-state index in [4.69, 9.17) is 5.73 Å². The van der Waals surface area contributed by atoms with Crippen molar-refractivity contribution >= 4 is 17.0 Å². The second-order valence-electron chi connectivity index (χ2n) is 5.83. The van der Waals surface area contributed by atoms with Gasteiger partial charge < -0.3 is 25.6 Å². The Morgan fingerprint density at radius 3 is 2.86 bits per heavy atom. The first kappa shape index (κ1) is 12.9. The summed E-state index contributed by atoms with van der Waals surface area (Å²) in [5, 5.41) is 29.9. The topological polar surface area (TPSA) is 130 Å². The number of anilines is 1. The van der Waals surface area contributed by atoms with Crippen LogP contribution in [0.2, 0.25) is 0 Å². The van der Waals surface area contributed by atoms with E-state index < -0.39 is 29.7 Å². The molecule has 0 saturated heterocycles. The van der Waals surface area contributed by atoms with Gasteiger partial charge in [0.2, 0.25) is 0 Å². The fourth-order valence-electron chi connectivity index (χ4n) is 3.68. The van der Waals surface area contributed by atoms with E-state index in [1.54, 1.807) is 0 Å². The minimum atomic E-state index is -1.08. The summed E-state index contributed by atoms with van der Waals surface area (Å²) in [4.78, 5) is 11.2. The summed E-state index contributed by atoms with van der Waals surface area (Å²) in [5.74, 6) is -0.183. The van der Waals surface area contributed by atoms with Crippen LogP contribution in [-0.2, 0) is 0 Å². The van der Waals surface area contributed by atoms with Crippen LogP contribution in [0.25, 0.3) is 11.2 Å². The molecule has 0 amide bonds. The van der Waals surface area contributed by atoms with Crippen LogP contribution < -0.4 is 5.73 Å². The van der Waals surface area contributed by atoms with Crippen LogP contribution in [0.15, 0.2) is 6.33 Å².